The third-order valence-electron chi connectivity index (χ3n) is 5.97. The zero-order valence-corrected chi connectivity index (χ0v) is 18.6. The van der Waals surface area contributed by atoms with Gasteiger partial charge in [-0.3, -0.25) is 9.80 Å². The van der Waals surface area contributed by atoms with Gasteiger partial charge in [0.05, 0.1) is 18.7 Å². The number of fused-ring (bicyclic) bond motifs is 1. The molecule has 0 aliphatic carbocycles. The Balaban J connectivity index is 1.66. The van der Waals surface area contributed by atoms with Gasteiger partial charge in [0, 0.05) is 47.0 Å². The number of carbonyl (C=O) groups excluding carboxylic acids is 1. The quantitative estimate of drug-likeness (QED) is 0.569. The van der Waals surface area contributed by atoms with Crippen molar-refractivity contribution >= 4 is 23.0 Å². The fourth-order valence-electron chi connectivity index (χ4n) is 4.16. The van der Waals surface area contributed by atoms with E-state index in [9.17, 15) is 4.79 Å². The second-order valence-corrected chi connectivity index (χ2v) is 8.37. The molecule has 2 heterocycles. The molecule has 1 amide bonds. The van der Waals surface area contributed by atoms with Crippen LogP contribution in [0.1, 0.15) is 35.3 Å². The molecule has 0 spiro atoms. The SMILES string of the molecule is C=C/C(=C\C)NC(=O)c1cn(Cc2ccc(C3(C)C=NN(C)C3)cc2F)c2ccccc12. The van der Waals surface area contributed by atoms with Gasteiger partial charge in [-0.15, -0.1) is 0 Å². The van der Waals surface area contributed by atoms with Crippen molar-refractivity contribution in [3.05, 3.63) is 95.6 Å². The van der Waals surface area contributed by atoms with Crippen LogP contribution in [0.2, 0.25) is 0 Å². The van der Waals surface area contributed by atoms with Crippen LogP contribution in [0.5, 0.6) is 0 Å². The second kappa shape index (κ2) is 8.46. The van der Waals surface area contributed by atoms with Gasteiger partial charge in [0.25, 0.3) is 5.91 Å². The molecule has 1 unspecified atom stereocenters. The van der Waals surface area contributed by atoms with E-state index in [0.717, 1.165) is 16.5 Å². The van der Waals surface area contributed by atoms with E-state index < -0.39 is 0 Å². The lowest BCUT2D eigenvalue weighted by molar-refractivity contribution is 0.0968. The number of nitrogens with zero attached hydrogens (tertiary/aromatic N) is 3. The van der Waals surface area contributed by atoms with Gasteiger partial charge in [-0.25, -0.2) is 4.39 Å². The number of benzene rings is 2. The molecular weight excluding hydrogens is 403 g/mol. The Bertz CT molecular complexity index is 1260. The van der Waals surface area contributed by atoms with Crippen LogP contribution in [-0.4, -0.2) is 35.3 Å². The maximum Gasteiger partial charge on any atom is 0.257 e. The predicted octanol–water partition coefficient (Wildman–Crippen LogP) is 4.84. The number of hydrogen-bond acceptors (Lipinski definition) is 3. The highest BCUT2D eigenvalue weighted by atomic mass is 19.1. The number of rotatable bonds is 6. The van der Waals surface area contributed by atoms with Gasteiger partial charge in [-0.1, -0.05) is 43.0 Å². The van der Waals surface area contributed by atoms with Crippen LogP contribution in [0.25, 0.3) is 10.9 Å². The highest BCUT2D eigenvalue weighted by Crippen LogP contribution is 2.29. The van der Waals surface area contributed by atoms with Gasteiger partial charge < -0.3 is 9.88 Å². The number of hydrazone groups is 1. The Morgan fingerprint density at radius 3 is 2.75 bits per heavy atom. The molecule has 0 saturated carbocycles. The summed E-state index contributed by atoms with van der Waals surface area (Å²) in [6, 6.07) is 13.0. The summed E-state index contributed by atoms with van der Waals surface area (Å²) in [5.41, 5.74) is 3.20. The largest absolute Gasteiger partial charge is 0.342 e. The standard InChI is InChI=1S/C26H27FN4O/c1-5-20(6-2)29-25(32)22-15-31(24-10-8-7-9-21(22)24)14-18-11-12-19(13-23(18)27)26(3)16-28-30(4)17-26/h5-13,15-16H,1,14,17H2,2-4H3,(H,29,32)/b20-6+. The third-order valence-corrected chi connectivity index (χ3v) is 5.97. The lowest BCUT2D eigenvalue weighted by Gasteiger charge is -2.22. The number of amides is 1. The summed E-state index contributed by atoms with van der Waals surface area (Å²) in [6.07, 6.45) is 7.04. The number of allylic oxidation sites excluding steroid dienone is 2. The minimum atomic E-state index is -0.310. The Kier molecular flexibility index (Phi) is 5.70. The van der Waals surface area contributed by atoms with Crippen molar-refractivity contribution < 1.29 is 9.18 Å². The smallest absolute Gasteiger partial charge is 0.257 e. The molecule has 32 heavy (non-hydrogen) atoms. The number of hydrogen-bond donors (Lipinski definition) is 1. The highest BCUT2D eigenvalue weighted by Gasteiger charge is 2.31. The minimum Gasteiger partial charge on any atom is -0.342 e. The van der Waals surface area contributed by atoms with Crippen LogP contribution in [0.15, 0.2) is 78.2 Å². The van der Waals surface area contributed by atoms with E-state index >= 15 is 4.39 Å². The number of nitrogens with one attached hydrogen (secondary N) is 1. The van der Waals surface area contributed by atoms with Crippen molar-refractivity contribution in [2.45, 2.75) is 25.8 Å². The number of carbonyl (C=O) groups is 1. The molecule has 1 atom stereocenters. The zero-order valence-electron chi connectivity index (χ0n) is 18.6. The van der Waals surface area contributed by atoms with E-state index in [2.05, 4.69) is 23.9 Å². The van der Waals surface area contributed by atoms with E-state index in [0.29, 0.717) is 29.9 Å². The first-order chi connectivity index (χ1) is 15.3. The molecule has 1 aromatic heterocycles. The predicted molar refractivity (Wildman–Crippen MR) is 127 cm³/mol. The van der Waals surface area contributed by atoms with Crippen molar-refractivity contribution in [1.82, 2.24) is 14.9 Å². The first-order valence-electron chi connectivity index (χ1n) is 10.6. The lowest BCUT2D eigenvalue weighted by atomic mass is 9.84. The number of likely N-dealkylation sites (N-methyl/N-ethyl adjacent to an activating group) is 1. The Morgan fingerprint density at radius 1 is 1.31 bits per heavy atom. The third kappa shape index (κ3) is 3.96. The van der Waals surface area contributed by atoms with E-state index in [1.807, 2.05) is 66.2 Å². The van der Waals surface area contributed by atoms with E-state index in [-0.39, 0.29) is 17.1 Å². The first-order valence-corrected chi connectivity index (χ1v) is 10.6. The van der Waals surface area contributed by atoms with Crippen LogP contribution in [-0.2, 0) is 12.0 Å². The summed E-state index contributed by atoms with van der Waals surface area (Å²) in [5.74, 6) is -0.486. The fourth-order valence-corrected chi connectivity index (χ4v) is 4.16. The van der Waals surface area contributed by atoms with Crippen LogP contribution >= 0.6 is 0 Å². The van der Waals surface area contributed by atoms with Gasteiger partial charge in [-0.2, -0.15) is 5.10 Å². The Hall–Kier alpha value is -3.67. The van der Waals surface area contributed by atoms with E-state index in [1.54, 1.807) is 24.4 Å². The summed E-state index contributed by atoms with van der Waals surface area (Å²) in [5, 5.41) is 9.84. The molecule has 1 aliphatic heterocycles. The van der Waals surface area contributed by atoms with Gasteiger partial charge in [-0.05, 0) is 37.6 Å². The molecule has 0 radical (unpaired) electrons. The van der Waals surface area contributed by atoms with Crippen molar-refractivity contribution in [3.8, 4) is 0 Å². The van der Waals surface area contributed by atoms with Gasteiger partial charge in [0.15, 0.2) is 0 Å². The summed E-state index contributed by atoms with van der Waals surface area (Å²) in [4.78, 5) is 12.9. The normalized spacial score (nSPS) is 18.4. The maximum atomic E-state index is 15.1. The second-order valence-electron chi connectivity index (χ2n) is 8.37. The molecule has 3 aromatic rings. The summed E-state index contributed by atoms with van der Waals surface area (Å²) >= 11 is 0. The summed E-state index contributed by atoms with van der Waals surface area (Å²) < 4.78 is 17.0. The molecule has 2 aromatic carbocycles. The van der Waals surface area contributed by atoms with Gasteiger partial charge in [0.2, 0.25) is 0 Å². The average Bonchev–Trinajstić information content (AvgIpc) is 3.34. The molecule has 1 N–H and O–H groups in total. The van der Waals surface area contributed by atoms with Crippen LogP contribution < -0.4 is 5.32 Å². The zero-order chi connectivity index (χ0) is 22.9. The van der Waals surface area contributed by atoms with Crippen LogP contribution in [0.3, 0.4) is 0 Å². The Morgan fingerprint density at radius 2 is 2.09 bits per heavy atom. The van der Waals surface area contributed by atoms with Crippen LogP contribution in [0.4, 0.5) is 4.39 Å². The average molecular weight is 431 g/mol. The summed E-state index contributed by atoms with van der Waals surface area (Å²) in [7, 11) is 1.91. The van der Waals surface area contributed by atoms with E-state index in [4.69, 9.17) is 0 Å². The molecule has 4 rings (SSSR count). The molecular formula is C26H27FN4O. The first kappa shape index (κ1) is 21.6. The van der Waals surface area contributed by atoms with Gasteiger partial charge in [0.1, 0.15) is 5.82 Å². The molecule has 0 fully saturated rings. The molecule has 5 nitrogen and oxygen atoms in total. The molecule has 0 saturated heterocycles. The van der Waals surface area contributed by atoms with Crippen molar-refractivity contribution in [3.63, 3.8) is 0 Å². The molecule has 164 valence electrons. The van der Waals surface area contributed by atoms with Crippen molar-refractivity contribution in [2.75, 3.05) is 13.6 Å². The molecule has 1 aliphatic rings. The number of halogens is 1. The van der Waals surface area contributed by atoms with Gasteiger partial charge >= 0.3 is 0 Å². The summed E-state index contributed by atoms with van der Waals surface area (Å²) in [6.45, 7) is 8.64. The lowest BCUT2D eigenvalue weighted by Crippen LogP contribution is -2.29. The Labute approximate surface area is 187 Å². The number of para-hydroxylation sites is 1. The van der Waals surface area contributed by atoms with Crippen molar-refractivity contribution in [1.29, 1.82) is 0 Å². The highest BCUT2D eigenvalue weighted by molar-refractivity contribution is 6.07. The number of aromatic nitrogens is 1. The minimum absolute atomic E-state index is 0.221. The van der Waals surface area contributed by atoms with Crippen molar-refractivity contribution in [2.24, 2.45) is 5.10 Å². The molecule has 6 heteroatoms. The van der Waals surface area contributed by atoms with E-state index in [1.165, 1.54) is 0 Å². The molecule has 0 bridgehead atoms. The maximum absolute atomic E-state index is 15.1. The van der Waals surface area contributed by atoms with Crippen LogP contribution in [0, 0.1) is 5.82 Å². The topological polar surface area (TPSA) is 49.6 Å². The monoisotopic (exact) mass is 430 g/mol. The fraction of sp³-hybridized carbons (Fsp3) is 0.231.